The summed E-state index contributed by atoms with van der Waals surface area (Å²) in [5, 5.41) is 0. The number of rotatable bonds is 0. The molecule has 3 nitrogen and oxygen atoms in total. The van der Waals surface area contributed by atoms with Gasteiger partial charge in [-0.3, -0.25) is 4.90 Å². The van der Waals surface area contributed by atoms with Gasteiger partial charge in [0.15, 0.2) is 6.04 Å². The quantitative estimate of drug-likeness (QED) is 0.458. The topological polar surface area (TPSA) is 29.5 Å². The maximum absolute atomic E-state index is 12.5. The Hall–Kier alpha value is -1.24. The number of ether oxygens (including phenoxy) is 1. The second kappa shape index (κ2) is 2.18. The number of halogens is 1. The number of nitrogens with zero attached hydrogens (tertiary/aromatic N) is 1. The summed E-state index contributed by atoms with van der Waals surface area (Å²) in [6.45, 7) is 0. The van der Waals surface area contributed by atoms with Crippen LogP contribution in [-0.2, 0) is 4.74 Å². The van der Waals surface area contributed by atoms with Gasteiger partial charge in [-0.2, -0.15) is 4.39 Å². The van der Waals surface area contributed by atoms with Gasteiger partial charge < -0.3 is 4.74 Å². The lowest BCUT2D eigenvalue weighted by molar-refractivity contribution is 0.0476. The van der Waals surface area contributed by atoms with Crippen LogP contribution >= 0.6 is 0 Å². The average molecular weight is 143 g/mol. The van der Waals surface area contributed by atoms with Crippen LogP contribution in [0.1, 0.15) is 0 Å². The molecule has 10 heavy (non-hydrogen) atoms. The number of carbonyl (C=O) groups is 1. The third-order valence-electron chi connectivity index (χ3n) is 1.34. The standard InChI is InChI=1S/C6H6FNO2/c1-3-4-5(7)10-6(9)8(4)2/h1,4-5H,2H3. The highest BCUT2D eigenvalue weighted by Gasteiger charge is 2.38. The van der Waals surface area contributed by atoms with Gasteiger partial charge in [-0.25, -0.2) is 4.79 Å². The number of hydrogen-bond donors (Lipinski definition) is 0. The zero-order valence-corrected chi connectivity index (χ0v) is 5.37. The minimum atomic E-state index is -1.68. The highest BCUT2D eigenvalue weighted by atomic mass is 19.1. The smallest absolute Gasteiger partial charge is 0.411 e. The van der Waals surface area contributed by atoms with E-state index in [1.54, 1.807) is 0 Å². The van der Waals surface area contributed by atoms with Crippen LogP contribution in [0, 0.1) is 12.3 Å². The predicted molar refractivity (Wildman–Crippen MR) is 31.8 cm³/mol. The number of alkyl halides is 1. The van der Waals surface area contributed by atoms with Gasteiger partial charge in [0.25, 0.3) is 6.36 Å². The third kappa shape index (κ3) is 0.798. The van der Waals surface area contributed by atoms with Gasteiger partial charge in [-0.1, -0.05) is 5.92 Å². The van der Waals surface area contributed by atoms with Crippen LogP contribution in [0.3, 0.4) is 0 Å². The predicted octanol–water partition coefficient (Wildman–Crippen LogP) is 0.366. The summed E-state index contributed by atoms with van der Waals surface area (Å²) in [5.41, 5.74) is 0. The van der Waals surface area contributed by atoms with Crippen LogP contribution in [0.4, 0.5) is 9.18 Å². The SMILES string of the molecule is C#CC1C(F)OC(=O)N1C. The highest BCUT2D eigenvalue weighted by molar-refractivity contribution is 5.70. The molecule has 2 unspecified atom stereocenters. The summed E-state index contributed by atoms with van der Waals surface area (Å²) < 4.78 is 16.6. The Kier molecular flexibility index (Phi) is 1.50. The Labute approximate surface area is 57.8 Å². The summed E-state index contributed by atoms with van der Waals surface area (Å²) in [6, 6.07) is -0.868. The van der Waals surface area contributed by atoms with Crippen molar-refractivity contribution in [1.29, 1.82) is 0 Å². The van der Waals surface area contributed by atoms with E-state index in [-0.39, 0.29) is 0 Å². The largest absolute Gasteiger partial charge is 0.413 e. The fourth-order valence-corrected chi connectivity index (χ4v) is 0.721. The average Bonchev–Trinajstić information content (AvgIpc) is 2.09. The molecular formula is C6H6FNO2. The molecule has 54 valence electrons. The van der Waals surface area contributed by atoms with E-state index in [0.29, 0.717) is 0 Å². The Morgan fingerprint density at radius 2 is 2.50 bits per heavy atom. The van der Waals surface area contributed by atoms with Crippen LogP contribution < -0.4 is 0 Å². The Balaban J connectivity index is 2.76. The lowest BCUT2D eigenvalue weighted by atomic mass is 10.3. The lowest BCUT2D eigenvalue weighted by Gasteiger charge is -2.08. The monoisotopic (exact) mass is 143 g/mol. The normalized spacial score (nSPS) is 31.7. The first-order valence-electron chi connectivity index (χ1n) is 2.70. The zero-order chi connectivity index (χ0) is 7.72. The Morgan fingerprint density at radius 1 is 1.90 bits per heavy atom. The third-order valence-corrected chi connectivity index (χ3v) is 1.34. The van der Waals surface area contributed by atoms with Gasteiger partial charge in [0, 0.05) is 7.05 Å². The van der Waals surface area contributed by atoms with E-state index < -0.39 is 18.5 Å². The summed E-state index contributed by atoms with van der Waals surface area (Å²) in [4.78, 5) is 11.6. The minimum Gasteiger partial charge on any atom is -0.411 e. The van der Waals surface area contributed by atoms with E-state index in [1.807, 2.05) is 0 Å². The number of hydrogen-bond acceptors (Lipinski definition) is 2. The molecule has 2 atom stereocenters. The molecule has 1 aliphatic heterocycles. The molecule has 1 amide bonds. The van der Waals surface area contributed by atoms with E-state index in [1.165, 1.54) is 7.05 Å². The second-order valence-corrected chi connectivity index (χ2v) is 1.96. The minimum absolute atomic E-state index is 0.713. The maximum atomic E-state index is 12.5. The molecule has 0 aromatic rings. The van der Waals surface area contributed by atoms with Crippen molar-refractivity contribution in [3.63, 3.8) is 0 Å². The maximum Gasteiger partial charge on any atom is 0.413 e. The fourth-order valence-electron chi connectivity index (χ4n) is 0.721. The zero-order valence-electron chi connectivity index (χ0n) is 5.37. The number of carbonyl (C=O) groups excluding carboxylic acids is 1. The van der Waals surface area contributed by atoms with Crippen molar-refractivity contribution >= 4 is 6.09 Å². The number of terminal acetylenes is 1. The van der Waals surface area contributed by atoms with Gasteiger partial charge in [0.05, 0.1) is 0 Å². The van der Waals surface area contributed by atoms with E-state index in [0.717, 1.165) is 4.90 Å². The first-order chi connectivity index (χ1) is 4.66. The van der Waals surface area contributed by atoms with E-state index in [2.05, 4.69) is 10.7 Å². The molecule has 0 bridgehead atoms. The van der Waals surface area contributed by atoms with E-state index in [9.17, 15) is 9.18 Å². The van der Waals surface area contributed by atoms with E-state index in [4.69, 9.17) is 6.42 Å². The summed E-state index contributed by atoms with van der Waals surface area (Å²) in [6.07, 6.45) is 2.52. The Bertz CT molecular complexity index is 198. The number of amides is 1. The van der Waals surface area contributed by atoms with Crippen molar-refractivity contribution in [3.05, 3.63) is 0 Å². The van der Waals surface area contributed by atoms with Gasteiger partial charge in [-0.15, -0.1) is 6.42 Å². The summed E-state index contributed by atoms with van der Waals surface area (Å²) in [7, 11) is 1.40. The van der Waals surface area contributed by atoms with Crippen LogP contribution in [-0.4, -0.2) is 30.4 Å². The molecular weight excluding hydrogens is 137 g/mol. The van der Waals surface area contributed by atoms with Gasteiger partial charge in [0.1, 0.15) is 0 Å². The molecule has 1 fully saturated rings. The van der Waals surface area contributed by atoms with Crippen LogP contribution in [0.5, 0.6) is 0 Å². The van der Waals surface area contributed by atoms with E-state index >= 15 is 0 Å². The first kappa shape index (κ1) is 6.87. The molecule has 0 radical (unpaired) electrons. The van der Waals surface area contributed by atoms with Crippen molar-refractivity contribution in [2.24, 2.45) is 0 Å². The second-order valence-electron chi connectivity index (χ2n) is 1.96. The first-order valence-corrected chi connectivity index (χ1v) is 2.70. The van der Waals surface area contributed by atoms with Crippen LogP contribution in [0.25, 0.3) is 0 Å². The molecule has 4 heteroatoms. The molecule has 1 aliphatic rings. The van der Waals surface area contributed by atoms with Crippen molar-refractivity contribution in [2.45, 2.75) is 12.4 Å². The molecule has 1 heterocycles. The molecule has 1 rings (SSSR count). The fraction of sp³-hybridized carbons (Fsp3) is 0.500. The van der Waals surface area contributed by atoms with Crippen LogP contribution in [0.15, 0.2) is 0 Å². The molecule has 0 aromatic heterocycles. The molecule has 0 aromatic carbocycles. The number of likely N-dealkylation sites (N-methyl/N-ethyl adjacent to an activating group) is 1. The van der Waals surface area contributed by atoms with Gasteiger partial charge >= 0.3 is 6.09 Å². The molecule has 0 saturated carbocycles. The highest BCUT2D eigenvalue weighted by Crippen LogP contribution is 2.17. The van der Waals surface area contributed by atoms with Gasteiger partial charge in [0.2, 0.25) is 0 Å². The van der Waals surface area contributed by atoms with Crippen molar-refractivity contribution in [2.75, 3.05) is 7.05 Å². The van der Waals surface area contributed by atoms with Crippen molar-refractivity contribution in [3.8, 4) is 12.3 Å². The Morgan fingerprint density at radius 3 is 2.70 bits per heavy atom. The molecule has 0 spiro atoms. The van der Waals surface area contributed by atoms with Crippen LogP contribution in [0.2, 0.25) is 0 Å². The van der Waals surface area contributed by atoms with Crippen molar-refractivity contribution in [1.82, 2.24) is 4.90 Å². The molecule has 1 saturated heterocycles. The number of cyclic esters (lactones) is 1. The van der Waals surface area contributed by atoms with Gasteiger partial charge in [-0.05, 0) is 0 Å². The van der Waals surface area contributed by atoms with Crippen molar-refractivity contribution < 1.29 is 13.9 Å². The molecule has 0 aliphatic carbocycles. The lowest BCUT2D eigenvalue weighted by Crippen LogP contribution is -2.30. The summed E-state index contributed by atoms with van der Waals surface area (Å²) in [5.74, 6) is 2.10. The molecule has 0 N–H and O–H groups in total. The summed E-state index contributed by atoms with van der Waals surface area (Å²) >= 11 is 0.